The molecule has 5 nitrogen and oxygen atoms in total. The Balaban J connectivity index is 2.67. The van der Waals surface area contributed by atoms with Crippen LogP contribution in [0.4, 0.5) is 5.69 Å². The molecule has 5 heteroatoms. The van der Waals surface area contributed by atoms with Gasteiger partial charge in [0.1, 0.15) is 11.8 Å². The van der Waals surface area contributed by atoms with E-state index in [1.54, 1.807) is 13.0 Å². The Morgan fingerprint density at radius 2 is 2.05 bits per heavy atom. The monoisotopic (exact) mass is 288 g/mol. The number of hydrogen-bond donors (Lipinski definition) is 1. The van der Waals surface area contributed by atoms with Crippen LogP contribution in [0.2, 0.25) is 0 Å². The minimum absolute atomic E-state index is 0.0724. The number of nitriles is 1. The van der Waals surface area contributed by atoms with Gasteiger partial charge in [-0.3, -0.25) is 0 Å². The highest BCUT2D eigenvalue weighted by Crippen LogP contribution is 2.17. The first-order chi connectivity index (χ1) is 10.1. The third-order valence-electron chi connectivity index (χ3n) is 2.77. The van der Waals surface area contributed by atoms with Crippen molar-refractivity contribution in [2.24, 2.45) is 0 Å². The summed E-state index contributed by atoms with van der Waals surface area (Å²) in [5.41, 5.74) is 0.681. The Kier molecular flexibility index (Phi) is 6.82. The predicted octanol–water partition coefficient (Wildman–Crippen LogP) is 3.25. The van der Waals surface area contributed by atoms with E-state index in [2.05, 4.69) is 12.2 Å². The lowest BCUT2D eigenvalue weighted by Gasteiger charge is -2.12. The van der Waals surface area contributed by atoms with Gasteiger partial charge in [0.25, 0.3) is 0 Å². The average molecular weight is 288 g/mol. The molecule has 0 aromatic heterocycles. The first-order valence-corrected chi connectivity index (χ1v) is 6.91. The van der Waals surface area contributed by atoms with Crippen molar-refractivity contribution in [2.45, 2.75) is 33.3 Å². The molecule has 21 heavy (non-hydrogen) atoms. The Morgan fingerprint density at radius 1 is 1.38 bits per heavy atom. The van der Waals surface area contributed by atoms with Gasteiger partial charge in [0.15, 0.2) is 5.57 Å². The van der Waals surface area contributed by atoms with Gasteiger partial charge in [0.2, 0.25) is 0 Å². The summed E-state index contributed by atoms with van der Waals surface area (Å²) < 4.78 is 10.4. The van der Waals surface area contributed by atoms with Gasteiger partial charge in [0.05, 0.1) is 12.7 Å². The van der Waals surface area contributed by atoms with Gasteiger partial charge in [-0.2, -0.15) is 5.26 Å². The fraction of sp³-hybridized carbons (Fsp3) is 0.375. The van der Waals surface area contributed by atoms with Crippen LogP contribution in [0.1, 0.15) is 27.2 Å². The van der Waals surface area contributed by atoms with Crippen molar-refractivity contribution in [3.63, 3.8) is 0 Å². The molecule has 1 N–H and O–H groups in total. The lowest BCUT2D eigenvalue weighted by atomic mass is 10.2. The second kappa shape index (κ2) is 8.64. The van der Waals surface area contributed by atoms with Crippen molar-refractivity contribution < 1.29 is 14.3 Å². The van der Waals surface area contributed by atoms with Crippen LogP contribution >= 0.6 is 0 Å². The van der Waals surface area contributed by atoms with Crippen LogP contribution in [-0.4, -0.2) is 18.7 Å². The standard InChI is InChI=1S/C16H20N2O3/c1-4-12(3)21-15-8-6-14(7-9-15)18-11-13(10-17)16(19)20-5-2/h6-9,11-12,18H,4-5H2,1-3H3/b13-11+. The average Bonchev–Trinajstić information content (AvgIpc) is 2.49. The second-order valence-corrected chi connectivity index (χ2v) is 4.40. The normalized spacial score (nSPS) is 12.2. The highest BCUT2D eigenvalue weighted by Gasteiger charge is 2.09. The predicted molar refractivity (Wildman–Crippen MR) is 80.8 cm³/mol. The molecule has 1 aromatic carbocycles. The smallest absolute Gasteiger partial charge is 0.350 e. The fourth-order valence-electron chi connectivity index (χ4n) is 1.45. The Bertz CT molecular complexity index is 529. The number of hydrogen-bond acceptors (Lipinski definition) is 5. The third-order valence-corrected chi connectivity index (χ3v) is 2.77. The van der Waals surface area contributed by atoms with Crippen molar-refractivity contribution in [3.8, 4) is 11.8 Å². The number of ether oxygens (including phenoxy) is 2. The van der Waals surface area contributed by atoms with Crippen molar-refractivity contribution >= 4 is 11.7 Å². The van der Waals surface area contributed by atoms with Crippen molar-refractivity contribution in [1.82, 2.24) is 0 Å². The number of nitrogens with zero attached hydrogens (tertiary/aromatic N) is 1. The number of rotatable bonds is 7. The van der Waals surface area contributed by atoms with Gasteiger partial charge in [-0.15, -0.1) is 0 Å². The molecule has 1 rings (SSSR count). The van der Waals surface area contributed by atoms with Crippen molar-refractivity contribution in [2.75, 3.05) is 11.9 Å². The molecule has 0 aliphatic rings. The van der Waals surface area contributed by atoms with Gasteiger partial charge in [-0.25, -0.2) is 4.79 Å². The quantitative estimate of drug-likeness (QED) is 0.474. The summed E-state index contributed by atoms with van der Waals surface area (Å²) in [6.45, 7) is 5.99. The first-order valence-electron chi connectivity index (χ1n) is 6.91. The van der Waals surface area contributed by atoms with E-state index in [4.69, 9.17) is 14.7 Å². The Morgan fingerprint density at radius 3 is 2.57 bits per heavy atom. The number of carbonyl (C=O) groups excluding carboxylic acids is 1. The van der Waals surface area contributed by atoms with E-state index in [0.29, 0.717) is 0 Å². The summed E-state index contributed by atoms with van der Waals surface area (Å²) in [5.74, 6) is 0.147. The maximum atomic E-state index is 11.4. The maximum absolute atomic E-state index is 11.4. The summed E-state index contributed by atoms with van der Waals surface area (Å²) >= 11 is 0. The van der Waals surface area contributed by atoms with Gasteiger partial charge in [-0.05, 0) is 44.5 Å². The fourth-order valence-corrected chi connectivity index (χ4v) is 1.45. The van der Waals surface area contributed by atoms with Crippen LogP contribution in [-0.2, 0) is 9.53 Å². The van der Waals surface area contributed by atoms with E-state index in [9.17, 15) is 4.79 Å². The third kappa shape index (κ3) is 5.57. The molecule has 0 saturated carbocycles. The highest BCUT2D eigenvalue weighted by molar-refractivity contribution is 5.93. The van der Waals surface area contributed by atoms with E-state index in [1.165, 1.54) is 6.20 Å². The number of esters is 1. The van der Waals surface area contributed by atoms with Crippen LogP contribution < -0.4 is 10.1 Å². The lowest BCUT2D eigenvalue weighted by molar-refractivity contribution is -0.138. The van der Waals surface area contributed by atoms with Gasteiger partial charge in [-0.1, -0.05) is 6.92 Å². The second-order valence-electron chi connectivity index (χ2n) is 4.40. The Labute approximate surface area is 125 Å². The van der Waals surface area contributed by atoms with E-state index >= 15 is 0 Å². The molecule has 0 amide bonds. The van der Waals surface area contributed by atoms with Crippen LogP contribution in [0.5, 0.6) is 5.75 Å². The van der Waals surface area contributed by atoms with Gasteiger partial charge in [0, 0.05) is 11.9 Å². The van der Waals surface area contributed by atoms with Crippen LogP contribution in [0, 0.1) is 11.3 Å². The summed E-state index contributed by atoms with van der Waals surface area (Å²) in [6.07, 6.45) is 2.44. The van der Waals surface area contributed by atoms with Crippen molar-refractivity contribution in [3.05, 3.63) is 36.0 Å². The van der Waals surface area contributed by atoms with Crippen molar-refractivity contribution in [1.29, 1.82) is 5.26 Å². The molecule has 112 valence electrons. The van der Waals surface area contributed by atoms with E-state index < -0.39 is 5.97 Å². The lowest BCUT2D eigenvalue weighted by Crippen LogP contribution is -2.09. The molecule has 0 aliphatic carbocycles. The molecular weight excluding hydrogens is 268 g/mol. The van der Waals surface area contributed by atoms with Crippen LogP contribution in [0.15, 0.2) is 36.0 Å². The Hall–Kier alpha value is -2.48. The highest BCUT2D eigenvalue weighted by atomic mass is 16.5. The topological polar surface area (TPSA) is 71.4 Å². The molecule has 1 unspecified atom stereocenters. The molecule has 0 spiro atoms. The number of benzene rings is 1. The maximum Gasteiger partial charge on any atom is 0.350 e. The molecule has 1 aromatic rings. The molecular formula is C16H20N2O3. The number of anilines is 1. The summed E-state index contributed by atoms with van der Waals surface area (Å²) in [5, 5.41) is 11.8. The van der Waals surface area contributed by atoms with Gasteiger partial charge < -0.3 is 14.8 Å². The minimum Gasteiger partial charge on any atom is -0.491 e. The summed E-state index contributed by atoms with van der Waals surface area (Å²) in [7, 11) is 0. The molecule has 0 bridgehead atoms. The minimum atomic E-state index is -0.635. The SMILES string of the molecule is CCOC(=O)/C(C#N)=C/Nc1ccc(OC(C)CC)cc1. The van der Waals surface area contributed by atoms with Gasteiger partial charge >= 0.3 is 5.97 Å². The summed E-state index contributed by atoms with van der Waals surface area (Å²) in [6, 6.07) is 9.09. The molecule has 0 fully saturated rings. The zero-order valence-electron chi connectivity index (χ0n) is 12.6. The molecule has 0 radical (unpaired) electrons. The van der Waals surface area contributed by atoms with E-state index in [0.717, 1.165) is 17.9 Å². The molecule has 0 aliphatic heterocycles. The molecule has 0 heterocycles. The zero-order chi connectivity index (χ0) is 15.7. The first kappa shape index (κ1) is 16.6. The summed E-state index contributed by atoms with van der Waals surface area (Å²) in [4.78, 5) is 11.4. The number of nitrogens with one attached hydrogen (secondary N) is 1. The van der Waals surface area contributed by atoms with Crippen LogP contribution in [0.25, 0.3) is 0 Å². The zero-order valence-corrected chi connectivity index (χ0v) is 12.6. The molecule has 1 atom stereocenters. The van der Waals surface area contributed by atoms with E-state index in [-0.39, 0.29) is 18.3 Å². The van der Waals surface area contributed by atoms with Crippen LogP contribution in [0.3, 0.4) is 0 Å². The largest absolute Gasteiger partial charge is 0.491 e. The van der Waals surface area contributed by atoms with E-state index in [1.807, 2.05) is 31.2 Å². The molecule has 0 saturated heterocycles. The number of carbonyl (C=O) groups is 1.